The van der Waals surface area contributed by atoms with E-state index in [4.69, 9.17) is 15.8 Å². The average Bonchev–Trinajstić information content (AvgIpc) is 3.25. The van der Waals surface area contributed by atoms with E-state index in [0.717, 1.165) is 24.2 Å². The monoisotopic (exact) mass is 480 g/mol. The number of carboxylic acids is 1. The summed E-state index contributed by atoms with van der Waals surface area (Å²) in [5.74, 6) is -1.01. The van der Waals surface area contributed by atoms with Gasteiger partial charge in [-0.1, -0.05) is 18.2 Å². The molecule has 10 nitrogen and oxygen atoms in total. The van der Waals surface area contributed by atoms with Crippen molar-refractivity contribution in [1.29, 1.82) is 5.26 Å². The lowest BCUT2D eigenvalue weighted by molar-refractivity contribution is -0.136. The van der Waals surface area contributed by atoms with Crippen molar-refractivity contribution in [2.24, 2.45) is 5.73 Å². The van der Waals surface area contributed by atoms with E-state index in [1.807, 2.05) is 11.0 Å². The summed E-state index contributed by atoms with van der Waals surface area (Å²) in [4.78, 5) is 43.8. The molecular formula is C23H24N6O4S. The first-order valence-corrected chi connectivity index (χ1v) is 11.7. The molecule has 176 valence electrons. The SMILES string of the molecule is N#Cc1ccccc1Cn1c(N2CCC[C@@H](N)C2)nc2cc(C(=O)NCCC(=O)O)sc2c1=O. The number of fused-ring (bicyclic) bond motifs is 1. The number of aliphatic carboxylic acids is 1. The first kappa shape index (κ1) is 23.4. The maximum atomic E-state index is 13.6. The molecule has 1 atom stereocenters. The molecule has 2 aromatic heterocycles. The molecule has 11 heteroatoms. The first-order valence-electron chi connectivity index (χ1n) is 10.9. The van der Waals surface area contributed by atoms with E-state index in [0.29, 0.717) is 40.4 Å². The zero-order valence-electron chi connectivity index (χ0n) is 18.4. The summed E-state index contributed by atoms with van der Waals surface area (Å²) in [5, 5.41) is 20.8. The number of hydrogen-bond acceptors (Lipinski definition) is 8. The second-order valence-corrected chi connectivity index (χ2v) is 9.20. The number of carbonyl (C=O) groups is 2. The number of rotatable bonds is 7. The van der Waals surface area contributed by atoms with E-state index in [2.05, 4.69) is 11.4 Å². The number of amides is 1. The van der Waals surface area contributed by atoms with Crippen molar-refractivity contribution in [2.45, 2.75) is 31.8 Å². The molecule has 3 heterocycles. The number of nitrogens with one attached hydrogen (secondary N) is 1. The second-order valence-electron chi connectivity index (χ2n) is 8.15. The third kappa shape index (κ3) is 4.93. The number of nitriles is 1. The van der Waals surface area contributed by atoms with Crippen molar-refractivity contribution in [3.63, 3.8) is 0 Å². The van der Waals surface area contributed by atoms with Gasteiger partial charge in [0, 0.05) is 25.7 Å². The molecule has 1 aliphatic heterocycles. The topological polar surface area (TPSA) is 154 Å². The number of carboxylic acid groups (broad SMARTS) is 1. The first-order chi connectivity index (χ1) is 16.4. The van der Waals surface area contributed by atoms with Crippen LogP contribution in [0.2, 0.25) is 0 Å². The van der Waals surface area contributed by atoms with Crippen LogP contribution in [0, 0.1) is 11.3 Å². The van der Waals surface area contributed by atoms with E-state index < -0.39 is 11.9 Å². The predicted molar refractivity (Wildman–Crippen MR) is 128 cm³/mol. The molecule has 0 unspecified atom stereocenters. The van der Waals surface area contributed by atoms with E-state index in [1.54, 1.807) is 28.8 Å². The summed E-state index contributed by atoms with van der Waals surface area (Å²) in [6.07, 6.45) is 1.56. The van der Waals surface area contributed by atoms with Crippen molar-refractivity contribution in [3.05, 3.63) is 56.7 Å². The highest BCUT2D eigenvalue weighted by Crippen LogP contribution is 2.26. The number of carbonyl (C=O) groups excluding carboxylic acids is 1. The van der Waals surface area contributed by atoms with Crippen LogP contribution in [0.15, 0.2) is 35.1 Å². The summed E-state index contributed by atoms with van der Waals surface area (Å²) in [6.45, 7) is 1.38. The summed E-state index contributed by atoms with van der Waals surface area (Å²) in [5.41, 5.74) is 7.44. The van der Waals surface area contributed by atoms with Gasteiger partial charge in [-0.25, -0.2) is 4.98 Å². The van der Waals surface area contributed by atoms with Gasteiger partial charge in [-0.15, -0.1) is 11.3 Å². The highest BCUT2D eigenvalue weighted by atomic mass is 32.1. The van der Waals surface area contributed by atoms with Gasteiger partial charge in [0.2, 0.25) is 5.95 Å². The third-order valence-corrected chi connectivity index (χ3v) is 6.78. The van der Waals surface area contributed by atoms with Crippen LogP contribution in [0.1, 0.15) is 40.1 Å². The fourth-order valence-corrected chi connectivity index (χ4v) is 4.96. The summed E-state index contributed by atoms with van der Waals surface area (Å²) >= 11 is 1.02. The van der Waals surface area contributed by atoms with Crippen LogP contribution in [-0.4, -0.2) is 52.2 Å². The Morgan fingerprint density at radius 2 is 2.15 bits per heavy atom. The van der Waals surface area contributed by atoms with Gasteiger partial charge in [-0.2, -0.15) is 5.26 Å². The molecule has 3 aromatic rings. The quantitative estimate of drug-likeness (QED) is 0.460. The molecular weight excluding hydrogens is 456 g/mol. The van der Waals surface area contributed by atoms with Crippen LogP contribution >= 0.6 is 11.3 Å². The molecule has 1 saturated heterocycles. The minimum absolute atomic E-state index is 0.0120. The van der Waals surface area contributed by atoms with Gasteiger partial charge in [0.05, 0.1) is 35.0 Å². The van der Waals surface area contributed by atoms with Gasteiger partial charge in [0.25, 0.3) is 11.5 Å². The lowest BCUT2D eigenvalue weighted by Crippen LogP contribution is -2.45. The molecule has 34 heavy (non-hydrogen) atoms. The largest absolute Gasteiger partial charge is 0.481 e. The van der Waals surface area contributed by atoms with E-state index >= 15 is 0 Å². The van der Waals surface area contributed by atoms with Gasteiger partial charge < -0.3 is 21.1 Å². The van der Waals surface area contributed by atoms with E-state index in [-0.39, 0.29) is 36.0 Å². The molecule has 1 aromatic carbocycles. The van der Waals surface area contributed by atoms with E-state index in [9.17, 15) is 19.6 Å². The zero-order valence-corrected chi connectivity index (χ0v) is 19.2. The van der Waals surface area contributed by atoms with Crippen molar-refractivity contribution in [2.75, 3.05) is 24.5 Å². The van der Waals surface area contributed by atoms with Gasteiger partial charge in [0.1, 0.15) is 4.70 Å². The number of benzene rings is 1. The lowest BCUT2D eigenvalue weighted by atomic mass is 10.1. The normalized spacial score (nSPS) is 15.8. The van der Waals surface area contributed by atoms with Crippen LogP contribution in [0.5, 0.6) is 0 Å². The number of hydrogen-bond donors (Lipinski definition) is 3. The van der Waals surface area contributed by atoms with Gasteiger partial charge in [-0.3, -0.25) is 19.0 Å². The van der Waals surface area contributed by atoms with Crippen molar-refractivity contribution in [3.8, 4) is 6.07 Å². The van der Waals surface area contributed by atoms with Crippen LogP contribution in [0.25, 0.3) is 10.2 Å². The number of thiophene rings is 1. The highest BCUT2D eigenvalue weighted by Gasteiger charge is 2.24. The van der Waals surface area contributed by atoms with Crippen LogP contribution in [0.4, 0.5) is 5.95 Å². The summed E-state index contributed by atoms with van der Waals surface area (Å²) in [6, 6.07) is 10.8. The summed E-state index contributed by atoms with van der Waals surface area (Å²) in [7, 11) is 0. The Bertz CT molecular complexity index is 1340. The Kier molecular flexibility index (Phi) is 6.90. The van der Waals surface area contributed by atoms with Gasteiger partial charge >= 0.3 is 5.97 Å². The van der Waals surface area contributed by atoms with Gasteiger partial charge in [-0.05, 0) is 30.5 Å². The molecule has 4 N–H and O–H groups in total. The molecule has 0 aliphatic carbocycles. The smallest absolute Gasteiger partial charge is 0.305 e. The van der Waals surface area contributed by atoms with Crippen molar-refractivity contribution >= 4 is 39.4 Å². The molecule has 4 rings (SSSR count). The van der Waals surface area contributed by atoms with Crippen molar-refractivity contribution in [1.82, 2.24) is 14.9 Å². The maximum Gasteiger partial charge on any atom is 0.305 e. The standard InChI is InChI=1S/C23H24N6O4S/c24-11-14-4-1-2-5-15(14)12-29-22(33)20-17(27-23(29)28-9-3-6-16(25)13-28)10-18(34-20)21(32)26-8-7-19(30)31/h1-2,4-5,10,16H,3,6-9,12-13,25H2,(H,26,32)(H,30,31)/t16-/m1/s1. The Hall–Kier alpha value is -3.75. The van der Waals surface area contributed by atoms with Crippen LogP contribution in [-0.2, 0) is 11.3 Å². The Balaban J connectivity index is 1.77. The highest BCUT2D eigenvalue weighted by molar-refractivity contribution is 7.20. The molecule has 0 spiro atoms. The Morgan fingerprint density at radius 3 is 2.88 bits per heavy atom. The molecule has 0 radical (unpaired) electrons. The average molecular weight is 481 g/mol. The van der Waals surface area contributed by atoms with Crippen LogP contribution in [0.3, 0.4) is 0 Å². The fraction of sp³-hybridized carbons (Fsp3) is 0.348. The number of nitrogens with two attached hydrogens (primary N) is 1. The van der Waals surface area contributed by atoms with Crippen LogP contribution < -0.4 is 21.5 Å². The lowest BCUT2D eigenvalue weighted by Gasteiger charge is -2.33. The Labute approximate surface area is 199 Å². The minimum Gasteiger partial charge on any atom is -0.481 e. The second kappa shape index (κ2) is 10.0. The molecule has 0 saturated carbocycles. The van der Waals surface area contributed by atoms with Gasteiger partial charge in [0.15, 0.2) is 0 Å². The minimum atomic E-state index is -1.01. The molecule has 0 bridgehead atoms. The number of piperidine rings is 1. The predicted octanol–water partition coefficient (Wildman–Crippen LogP) is 1.51. The number of anilines is 1. The molecule has 1 fully saturated rings. The number of aromatic nitrogens is 2. The Morgan fingerprint density at radius 1 is 1.35 bits per heavy atom. The third-order valence-electron chi connectivity index (χ3n) is 5.67. The summed E-state index contributed by atoms with van der Waals surface area (Å²) < 4.78 is 1.86. The molecule has 1 amide bonds. The molecule has 1 aliphatic rings. The maximum absolute atomic E-state index is 13.6. The van der Waals surface area contributed by atoms with E-state index in [1.165, 1.54) is 0 Å². The van der Waals surface area contributed by atoms with Crippen molar-refractivity contribution < 1.29 is 14.7 Å². The fourth-order valence-electron chi connectivity index (χ4n) is 3.99. The zero-order chi connectivity index (χ0) is 24.2. The number of nitrogens with zero attached hydrogens (tertiary/aromatic N) is 4.